The van der Waals surface area contributed by atoms with Gasteiger partial charge in [0.1, 0.15) is 25.4 Å². The fourth-order valence-electron chi connectivity index (χ4n) is 5.30. The number of nitrogens with one attached hydrogen (secondary N) is 2. The van der Waals surface area contributed by atoms with Gasteiger partial charge in [-0.15, -0.1) is 0 Å². The first-order valence-electron chi connectivity index (χ1n) is 16.2. The number of carbonyl (C=O) groups is 4. The van der Waals surface area contributed by atoms with Gasteiger partial charge in [-0.05, 0) is 67.6 Å². The van der Waals surface area contributed by atoms with Gasteiger partial charge in [0.2, 0.25) is 0 Å². The van der Waals surface area contributed by atoms with E-state index in [9.17, 15) is 29.3 Å². The Balaban J connectivity index is 1.40. The zero-order valence-electron chi connectivity index (χ0n) is 28.8. The summed E-state index contributed by atoms with van der Waals surface area (Å²) in [6, 6.07) is 18.3. The third kappa shape index (κ3) is 10.6. The molecule has 0 aliphatic heterocycles. The van der Waals surface area contributed by atoms with Crippen molar-refractivity contribution in [2.75, 3.05) is 19.8 Å². The summed E-state index contributed by atoms with van der Waals surface area (Å²) in [5.74, 6) is -1.91. The minimum absolute atomic E-state index is 0.00127. The maximum absolute atomic E-state index is 13.2. The molecule has 4 rings (SSSR count). The number of rotatable bonds is 15. The largest absolute Gasteiger partial charge is 0.460 e. The average Bonchev–Trinajstić information content (AvgIpc) is 3.42. The van der Waals surface area contributed by atoms with E-state index < -0.39 is 59.4 Å². The lowest BCUT2D eigenvalue weighted by atomic mass is 9.98. The molecule has 0 aromatic heterocycles. The molecule has 3 aromatic carbocycles. The summed E-state index contributed by atoms with van der Waals surface area (Å²) >= 11 is 0. The summed E-state index contributed by atoms with van der Waals surface area (Å²) in [5.41, 5.74) is 3.57. The van der Waals surface area contributed by atoms with Crippen molar-refractivity contribution in [2.45, 2.75) is 64.0 Å². The van der Waals surface area contributed by atoms with Crippen LogP contribution in [0.2, 0.25) is 0 Å². The number of alkyl carbamates (subject to hydrolysis) is 2. The number of ether oxygens (including phenoxy) is 5. The number of hydrogen-bond acceptors (Lipinski definition) is 11. The highest BCUT2D eigenvalue weighted by atomic mass is 16.6. The third-order valence-electron chi connectivity index (χ3n) is 7.71. The van der Waals surface area contributed by atoms with Crippen molar-refractivity contribution in [3.63, 3.8) is 0 Å². The smallest absolute Gasteiger partial charge is 0.408 e. The first-order chi connectivity index (χ1) is 24.3. The average molecular weight is 704 g/mol. The molecule has 0 unspecified atom stereocenters. The van der Waals surface area contributed by atoms with Crippen LogP contribution in [0.1, 0.15) is 50.3 Å². The molecule has 2 N–H and O–H groups in total. The van der Waals surface area contributed by atoms with E-state index >= 15 is 0 Å². The number of amides is 2. The predicted octanol–water partition coefficient (Wildman–Crippen LogP) is 5.57. The fraction of sp³-hybridized carbons (Fsp3) is 0.351. The Morgan fingerprint density at radius 1 is 0.863 bits per heavy atom. The van der Waals surface area contributed by atoms with Crippen LogP contribution in [-0.4, -0.2) is 72.7 Å². The molecule has 0 fully saturated rings. The second kappa shape index (κ2) is 17.3. The Bertz CT molecular complexity index is 1690. The second-order valence-corrected chi connectivity index (χ2v) is 12.6. The molecule has 1 aliphatic rings. The number of esters is 2. The van der Waals surface area contributed by atoms with Gasteiger partial charge < -0.3 is 34.3 Å². The summed E-state index contributed by atoms with van der Waals surface area (Å²) in [7, 11) is 0. The minimum atomic E-state index is -1.41. The van der Waals surface area contributed by atoms with E-state index in [0.29, 0.717) is 5.56 Å². The Kier molecular flexibility index (Phi) is 12.9. The summed E-state index contributed by atoms with van der Waals surface area (Å²) in [6.07, 6.45) is -1.67. The third-order valence-corrected chi connectivity index (χ3v) is 7.71. The zero-order chi connectivity index (χ0) is 37.1. The topological polar surface area (TPSA) is 182 Å². The monoisotopic (exact) mass is 703 g/mol. The molecule has 51 heavy (non-hydrogen) atoms. The molecule has 14 heteroatoms. The van der Waals surface area contributed by atoms with E-state index in [2.05, 4.69) is 17.2 Å². The van der Waals surface area contributed by atoms with Crippen LogP contribution in [0.25, 0.3) is 11.1 Å². The highest BCUT2D eigenvalue weighted by molar-refractivity contribution is 5.83. The van der Waals surface area contributed by atoms with E-state index in [4.69, 9.17) is 23.7 Å². The van der Waals surface area contributed by atoms with Gasteiger partial charge in [0.15, 0.2) is 12.1 Å². The van der Waals surface area contributed by atoms with Crippen molar-refractivity contribution in [1.29, 1.82) is 0 Å². The quantitative estimate of drug-likeness (QED) is 0.0664. The molecule has 270 valence electrons. The molecule has 0 radical (unpaired) electrons. The van der Waals surface area contributed by atoms with Gasteiger partial charge in [0.25, 0.3) is 5.69 Å². The normalized spacial score (nSPS) is 13.7. The van der Waals surface area contributed by atoms with Gasteiger partial charge in [-0.3, -0.25) is 10.1 Å². The molecule has 0 heterocycles. The first-order valence-corrected chi connectivity index (χ1v) is 16.2. The molecule has 14 nitrogen and oxygen atoms in total. The lowest BCUT2D eigenvalue weighted by Crippen LogP contribution is -2.52. The lowest BCUT2D eigenvalue weighted by molar-refractivity contribution is -0.384. The molecule has 0 saturated heterocycles. The maximum atomic E-state index is 13.2. The number of fused-ring (bicyclic) bond motifs is 3. The van der Waals surface area contributed by atoms with E-state index in [1.54, 1.807) is 20.8 Å². The Labute approximate surface area is 295 Å². The van der Waals surface area contributed by atoms with Gasteiger partial charge in [-0.1, -0.05) is 61.2 Å². The fourth-order valence-corrected chi connectivity index (χ4v) is 5.30. The molecule has 1 aliphatic carbocycles. The number of hydrogen-bond donors (Lipinski definition) is 2. The van der Waals surface area contributed by atoms with Crippen LogP contribution < -0.4 is 10.6 Å². The van der Waals surface area contributed by atoms with E-state index in [0.717, 1.165) is 22.3 Å². The number of nitro benzene ring substituents is 1. The second-order valence-electron chi connectivity index (χ2n) is 12.6. The van der Waals surface area contributed by atoms with Crippen molar-refractivity contribution < 1.29 is 47.8 Å². The molecule has 3 aromatic rings. The summed E-state index contributed by atoms with van der Waals surface area (Å²) < 4.78 is 27.3. The van der Waals surface area contributed by atoms with Crippen molar-refractivity contribution in [1.82, 2.24) is 10.6 Å². The van der Waals surface area contributed by atoms with Crippen molar-refractivity contribution in [3.05, 3.63) is 112 Å². The molecule has 0 saturated carbocycles. The van der Waals surface area contributed by atoms with E-state index in [-0.39, 0.29) is 31.4 Å². The Hall–Kier alpha value is -5.76. The van der Waals surface area contributed by atoms with Gasteiger partial charge in [-0.25, -0.2) is 19.2 Å². The SMILES string of the molecule is C=CCOC(=O)[C@H](NC(=O)OCc1ccc([N+](=O)[O-])cc1)[C@H](C)OC[C@H](NC(=O)OCC1c2ccccc2-c2ccccc21)C(=O)OC(C)(C)C. The van der Waals surface area contributed by atoms with Crippen LogP contribution in [-0.2, 0) is 39.9 Å². The lowest BCUT2D eigenvalue weighted by Gasteiger charge is -2.27. The van der Waals surface area contributed by atoms with Crippen molar-refractivity contribution in [3.8, 4) is 11.1 Å². The molecular formula is C37H41N3O11. The van der Waals surface area contributed by atoms with Gasteiger partial charge in [0.05, 0.1) is 17.6 Å². The van der Waals surface area contributed by atoms with Gasteiger partial charge in [0, 0.05) is 18.1 Å². The molecule has 0 bridgehead atoms. The van der Waals surface area contributed by atoms with Crippen LogP contribution in [0.15, 0.2) is 85.5 Å². The Morgan fingerprint density at radius 3 is 2.02 bits per heavy atom. The van der Waals surface area contributed by atoms with Crippen LogP contribution in [0.4, 0.5) is 15.3 Å². The van der Waals surface area contributed by atoms with E-state index in [1.165, 1.54) is 37.3 Å². The maximum Gasteiger partial charge on any atom is 0.408 e. The van der Waals surface area contributed by atoms with Gasteiger partial charge >= 0.3 is 24.1 Å². The Morgan fingerprint density at radius 2 is 1.45 bits per heavy atom. The predicted molar refractivity (Wildman–Crippen MR) is 185 cm³/mol. The summed E-state index contributed by atoms with van der Waals surface area (Å²) in [6.45, 7) is 9.08. The van der Waals surface area contributed by atoms with Crippen LogP contribution >= 0.6 is 0 Å². The number of nitrogens with zero attached hydrogens (tertiary/aromatic N) is 1. The molecule has 0 spiro atoms. The highest BCUT2D eigenvalue weighted by Gasteiger charge is 2.34. The number of non-ortho nitro benzene ring substituents is 1. The molecular weight excluding hydrogens is 662 g/mol. The zero-order valence-corrected chi connectivity index (χ0v) is 28.8. The minimum Gasteiger partial charge on any atom is -0.460 e. The summed E-state index contributed by atoms with van der Waals surface area (Å²) in [4.78, 5) is 62.3. The number of carbonyl (C=O) groups excluding carboxylic acids is 4. The van der Waals surface area contributed by atoms with Crippen LogP contribution in [0.5, 0.6) is 0 Å². The number of benzene rings is 3. The molecule has 3 atom stereocenters. The van der Waals surface area contributed by atoms with Crippen LogP contribution in [0, 0.1) is 10.1 Å². The first kappa shape index (κ1) is 38.0. The summed E-state index contributed by atoms with van der Waals surface area (Å²) in [5, 5.41) is 15.8. The standard InChI is InChI=1S/C37H41N3O11/c1-6-19-47-34(42)32(39-36(44)49-20-24-15-17-25(18-16-24)40(45)46)23(2)48-22-31(33(41)51-37(3,4)5)38-35(43)50-21-30-28-13-9-7-11-26(28)27-12-8-10-14-29(27)30/h6-18,23,30-32H,1,19-22H2,2-5H3,(H,38,43)(H,39,44)/t23-,31-,32+/m0/s1. The van der Waals surface area contributed by atoms with Crippen molar-refractivity contribution >= 4 is 29.8 Å². The molecule has 2 amide bonds. The van der Waals surface area contributed by atoms with E-state index in [1.807, 2.05) is 48.5 Å². The highest BCUT2D eigenvalue weighted by Crippen LogP contribution is 2.44. The van der Waals surface area contributed by atoms with Crippen molar-refractivity contribution in [2.24, 2.45) is 0 Å². The van der Waals surface area contributed by atoms with Crippen LogP contribution in [0.3, 0.4) is 0 Å². The number of nitro groups is 1. The van der Waals surface area contributed by atoms with Gasteiger partial charge in [-0.2, -0.15) is 0 Å².